The smallest absolute Gasteiger partial charge is 0.335 e. The van der Waals surface area contributed by atoms with Crippen molar-refractivity contribution in [3.05, 3.63) is 35.4 Å². The zero-order chi connectivity index (χ0) is 16.1. The fourth-order valence-corrected chi connectivity index (χ4v) is 2.56. The largest absolute Gasteiger partial charge is 0.478 e. The van der Waals surface area contributed by atoms with Crippen LogP contribution in [0, 0.1) is 5.92 Å². The van der Waals surface area contributed by atoms with E-state index in [1.165, 1.54) is 12.1 Å². The first-order valence-corrected chi connectivity index (χ1v) is 7.33. The number of benzene rings is 1. The van der Waals surface area contributed by atoms with Gasteiger partial charge in [-0.15, -0.1) is 0 Å². The van der Waals surface area contributed by atoms with Crippen LogP contribution >= 0.6 is 0 Å². The zero-order valence-corrected chi connectivity index (χ0v) is 12.5. The van der Waals surface area contributed by atoms with E-state index in [1.807, 2.05) is 0 Å². The lowest BCUT2D eigenvalue weighted by Crippen LogP contribution is -2.42. The van der Waals surface area contributed by atoms with Crippen LogP contribution in [0.25, 0.3) is 0 Å². The molecular weight excluding hydrogens is 284 g/mol. The van der Waals surface area contributed by atoms with E-state index in [1.54, 1.807) is 24.0 Å². The Morgan fingerprint density at radius 2 is 1.77 bits per heavy atom. The number of carbonyl (C=O) groups is 3. The van der Waals surface area contributed by atoms with Crippen LogP contribution in [-0.2, 0) is 16.1 Å². The quantitative estimate of drug-likeness (QED) is 0.876. The number of likely N-dealkylation sites (tertiary alicyclic amines) is 1. The Labute approximate surface area is 129 Å². The summed E-state index contributed by atoms with van der Waals surface area (Å²) in [5.41, 5.74) is 1.09. The Balaban J connectivity index is 1.80. The van der Waals surface area contributed by atoms with Crippen molar-refractivity contribution in [3.63, 3.8) is 0 Å². The van der Waals surface area contributed by atoms with E-state index < -0.39 is 5.97 Å². The van der Waals surface area contributed by atoms with Crippen molar-refractivity contribution in [1.82, 2.24) is 10.2 Å². The van der Waals surface area contributed by atoms with Crippen molar-refractivity contribution < 1.29 is 19.5 Å². The van der Waals surface area contributed by atoms with Crippen molar-refractivity contribution in [2.45, 2.75) is 26.3 Å². The van der Waals surface area contributed by atoms with Crippen LogP contribution in [0.1, 0.15) is 35.7 Å². The van der Waals surface area contributed by atoms with Crippen LogP contribution in [0.15, 0.2) is 24.3 Å². The summed E-state index contributed by atoms with van der Waals surface area (Å²) < 4.78 is 0. The number of hydrogen-bond donors (Lipinski definition) is 2. The van der Waals surface area contributed by atoms with Gasteiger partial charge in [0.1, 0.15) is 0 Å². The highest BCUT2D eigenvalue weighted by molar-refractivity contribution is 5.87. The van der Waals surface area contributed by atoms with Crippen LogP contribution in [0.4, 0.5) is 0 Å². The van der Waals surface area contributed by atoms with Crippen molar-refractivity contribution in [2.24, 2.45) is 5.92 Å². The lowest BCUT2D eigenvalue weighted by atomic mass is 9.96. The molecule has 2 N–H and O–H groups in total. The van der Waals surface area contributed by atoms with Crippen LogP contribution in [-0.4, -0.2) is 40.9 Å². The van der Waals surface area contributed by atoms with Gasteiger partial charge in [-0.05, 0) is 30.5 Å². The molecule has 6 nitrogen and oxygen atoms in total. The van der Waals surface area contributed by atoms with E-state index in [4.69, 9.17) is 5.11 Å². The van der Waals surface area contributed by atoms with Gasteiger partial charge >= 0.3 is 5.97 Å². The predicted molar refractivity (Wildman–Crippen MR) is 80.2 cm³/mol. The first-order valence-electron chi connectivity index (χ1n) is 7.33. The Hall–Kier alpha value is -2.37. The highest BCUT2D eigenvalue weighted by Crippen LogP contribution is 2.17. The molecule has 1 aromatic carbocycles. The summed E-state index contributed by atoms with van der Waals surface area (Å²) in [7, 11) is 0. The standard InChI is InChI=1S/C16H20N2O4/c1-11(19)18-8-6-13(7-9-18)15(20)17-10-12-2-4-14(5-3-12)16(21)22/h2-5,13H,6-10H2,1H3,(H,17,20)(H,21,22). The molecule has 0 spiro atoms. The van der Waals surface area contributed by atoms with Gasteiger partial charge in [-0.3, -0.25) is 9.59 Å². The number of rotatable bonds is 4. The molecule has 22 heavy (non-hydrogen) atoms. The maximum absolute atomic E-state index is 12.1. The molecule has 1 fully saturated rings. The summed E-state index contributed by atoms with van der Waals surface area (Å²) in [6, 6.07) is 6.44. The SMILES string of the molecule is CC(=O)N1CCC(C(=O)NCc2ccc(C(=O)O)cc2)CC1. The van der Waals surface area contributed by atoms with Gasteiger partial charge in [-0.25, -0.2) is 4.79 Å². The number of aromatic carboxylic acids is 1. The molecule has 1 aliphatic rings. The Morgan fingerprint density at radius 3 is 2.27 bits per heavy atom. The minimum atomic E-state index is -0.965. The number of amides is 2. The minimum absolute atomic E-state index is 0.00878. The molecule has 6 heteroatoms. The van der Waals surface area contributed by atoms with Gasteiger partial charge in [-0.1, -0.05) is 12.1 Å². The molecular formula is C16H20N2O4. The Bertz CT molecular complexity index is 560. The van der Waals surface area contributed by atoms with E-state index in [2.05, 4.69) is 5.32 Å². The second-order valence-corrected chi connectivity index (χ2v) is 5.50. The van der Waals surface area contributed by atoms with E-state index in [9.17, 15) is 14.4 Å². The van der Waals surface area contributed by atoms with Gasteiger partial charge < -0.3 is 15.3 Å². The first-order chi connectivity index (χ1) is 10.5. The lowest BCUT2D eigenvalue weighted by molar-refractivity contribution is -0.134. The maximum Gasteiger partial charge on any atom is 0.335 e. The third-order valence-electron chi connectivity index (χ3n) is 3.98. The van der Waals surface area contributed by atoms with E-state index in [0.29, 0.717) is 32.5 Å². The molecule has 2 amide bonds. The number of hydrogen-bond acceptors (Lipinski definition) is 3. The van der Waals surface area contributed by atoms with Crippen molar-refractivity contribution >= 4 is 17.8 Å². The van der Waals surface area contributed by atoms with Crippen LogP contribution in [0.3, 0.4) is 0 Å². The van der Waals surface area contributed by atoms with E-state index in [-0.39, 0.29) is 23.3 Å². The monoisotopic (exact) mass is 304 g/mol. The number of carboxylic acids is 1. The Kier molecular flexibility index (Phi) is 5.14. The third kappa shape index (κ3) is 4.07. The second kappa shape index (κ2) is 7.06. The lowest BCUT2D eigenvalue weighted by Gasteiger charge is -2.30. The first kappa shape index (κ1) is 16.0. The number of carboxylic acid groups (broad SMARTS) is 1. The van der Waals surface area contributed by atoms with Crippen LogP contribution in [0.2, 0.25) is 0 Å². The number of piperidine rings is 1. The van der Waals surface area contributed by atoms with Crippen LogP contribution < -0.4 is 5.32 Å². The molecule has 118 valence electrons. The molecule has 1 aliphatic heterocycles. The van der Waals surface area contributed by atoms with Gasteiger partial charge in [0.25, 0.3) is 0 Å². The number of nitrogens with one attached hydrogen (secondary N) is 1. The van der Waals surface area contributed by atoms with Gasteiger partial charge in [0, 0.05) is 32.5 Å². The number of nitrogens with zero attached hydrogens (tertiary/aromatic N) is 1. The molecule has 0 bridgehead atoms. The normalized spacial score (nSPS) is 15.4. The molecule has 0 radical (unpaired) electrons. The highest BCUT2D eigenvalue weighted by Gasteiger charge is 2.25. The Morgan fingerprint density at radius 1 is 1.18 bits per heavy atom. The summed E-state index contributed by atoms with van der Waals surface area (Å²) in [5.74, 6) is -0.982. The minimum Gasteiger partial charge on any atom is -0.478 e. The number of carbonyl (C=O) groups excluding carboxylic acids is 2. The molecule has 0 unspecified atom stereocenters. The molecule has 1 saturated heterocycles. The van der Waals surface area contributed by atoms with Crippen molar-refractivity contribution in [1.29, 1.82) is 0 Å². The molecule has 0 saturated carbocycles. The molecule has 1 heterocycles. The van der Waals surface area contributed by atoms with E-state index >= 15 is 0 Å². The summed E-state index contributed by atoms with van der Waals surface area (Å²) >= 11 is 0. The highest BCUT2D eigenvalue weighted by atomic mass is 16.4. The topological polar surface area (TPSA) is 86.7 Å². The molecule has 0 aromatic heterocycles. The predicted octanol–water partition coefficient (Wildman–Crippen LogP) is 1.26. The maximum atomic E-state index is 12.1. The second-order valence-electron chi connectivity index (χ2n) is 5.50. The van der Waals surface area contributed by atoms with Gasteiger partial charge in [0.2, 0.25) is 11.8 Å². The third-order valence-corrected chi connectivity index (χ3v) is 3.98. The fraction of sp³-hybridized carbons (Fsp3) is 0.438. The summed E-state index contributed by atoms with van der Waals surface area (Å²) in [4.78, 5) is 35.9. The molecule has 1 aromatic rings. The summed E-state index contributed by atoms with van der Waals surface area (Å²) in [5, 5.41) is 11.7. The van der Waals surface area contributed by atoms with Crippen LogP contribution in [0.5, 0.6) is 0 Å². The zero-order valence-electron chi connectivity index (χ0n) is 12.5. The van der Waals surface area contributed by atoms with Gasteiger partial charge in [0.15, 0.2) is 0 Å². The molecule has 2 rings (SSSR count). The molecule has 0 atom stereocenters. The summed E-state index contributed by atoms with van der Waals surface area (Å²) in [6.45, 7) is 3.17. The summed E-state index contributed by atoms with van der Waals surface area (Å²) in [6.07, 6.45) is 1.37. The van der Waals surface area contributed by atoms with Crippen molar-refractivity contribution in [2.75, 3.05) is 13.1 Å². The molecule has 0 aliphatic carbocycles. The van der Waals surface area contributed by atoms with Gasteiger partial charge in [-0.2, -0.15) is 0 Å². The average Bonchev–Trinajstić information content (AvgIpc) is 2.53. The average molecular weight is 304 g/mol. The fourth-order valence-electron chi connectivity index (χ4n) is 2.56. The van der Waals surface area contributed by atoms with Gasteiger partial charge in [0.05, 0.1) is 5.56 Å². The van der Waals surface area contributed by atoms with E-state index in [0.717, 1.165) is 5.56 Å². The van der Waals surface area contributed by atoms with Crippen molar-refractivity contribution in [3.8, 4) is 0 Å².